The number of thiol groups is 1. The summed E-state index contributed by atoms with van der Waals surface area (Å²) in [5.41, 5.74) is 0. The molecular formula is C6H13NOS. The van der Waals surface area contributed by atoms with Gasteiger partial charge >= 0.3 is 0 Å². The summed E-state index contributed by atoms with van der Waals surface area (Å²) in [6.07, 6.45) is 1.48. The Bertz CT molecular complexity index is 85.1. The molecule has 1 N–H and O–H groups in total. The monoisotopic (exact) mass is 147 g/mol. The summed E-state index contributed by atoms with van der Waals surface area (Å²) in [7, 11) is 0. The van der Waals surface area contributed by atoms with Crippen molar-refractivity contribution in [3.8, 4) is 0 Å². The average molecular weight is 147 g/mol. The first kappa shape index (κ1) is 8.82. The largest absolute Gasteiger partial charge is 0.356 e. The molecule has 9 heavy (non-hydrogen) atoms. The number of amides is 1. The molecule has 0 aromatic carbocycles. The normalized spacial score (nSPS) is 9.11. The molecule has 0 rings (SSSR count). The van der Waals surface area contributed by atoms with Crippen LogP contribution in [0.15, 0.2) is 0 Å². The van der Waals surface area contributed by atoms with Crippen LogP contribution < -0.4 is 5.32 Å². The molecule has 0 aliphatic heterocycles. The Labute approximate surface area is 61.4 Å². The second-order valence-electron chi connectivity index (χ2n) is 1.78. The lowest BCUT2D eigenvalue weighted by Crippen LogP contribution is -2.22. The van der Waals surface area contributed by atoms with E-state index in [9.17, 15) is 4.79 Å². The van der Waals surface area contributed by atoms with Crippen LogP contribution in [0.1, 0.15) is 19.8 Å². The molecule has 0 aromatic rings. The Morgan fingerprint density at radius 1 is 1.67 bits per heavy atom. The molecule has 0 radical (unpaired) electrons. The van der Waals surface area contributed by atoms with Gasteiger partial charge < -0.3 is 5.32 Å². The van der Waals surface area contributed by atoms with Crippen molar-refractivity contribution in [3.05, 3.63) is 0 Å². The van der Waals surface area contributed by atoms with Gasteiger partial charge in [0.1, 0.15) is 0 Å². The summed E-state index contributed by atoms with van der Waals surface area (Å²) >= 11 is 3.98. The smallest absolute Gasteiger partial charge is 0.220 e. The van der Waals surface area contributed by atoms with Gasteiger partial charge in [-0.1, -0.05) is 0 Å². The van der Waals surface area contributed by atoms with Crippen molar-refractivity contribution < 1.29 is 4.79 Å². The molecular weight excluding hydrogens is 134 g/mol. The molecule has 0 saturated heterocycles. The SMILES string of the molecule is CCNC(=O)CCCS. The zero-order valence-corrected chi connectivity index (χ0v) is 6.58. The minimum absolute atomic E-state index is 0.131. The van der Waals surface area contributed by atoms with Crippen LogP contribution in [-0.4, -0.2) is 18.2 Å². The lowest BCUT2D eigenvalue weighted by Gasteiger charge is -1.98. The standard InChI is InChI=1S/C6H13NOS/c1-2-7-6(8)4-3-5-9/h9H,2-5H2,1H3,(H,7,8). The summed E-state index contributed by atoms with van der Waals surface area (Å²) in [6, 6.07) is 0. The van der Waals surface area contributed by atoms with Gasteiger partial charge in [-0.15, -0.1) is 0 Å². The molecule has 1 amide bonds. The van der Waals surface area contributed by atoms with Gasteiger partial charge in [-0.25, -0.2) is 0 Å². The highest BCUT2D eigenvalue weighted by molar-refractivity contribution is 7.80. The predicted molar refractivity (Wildman–Crippen MR) is 41.8 cm³/mol. The zero-order valence-electron chi connectivity index (χ0n) is 5.68. The lowest BCUT2D eigenvalue weighted by molar-refractivity contribution is -0.120. The highest BCUT2D eigenvalue weighted by Gasteiger charge is 1.95. The van der Waals surface area contributed by atoms with Crippen molar-refractivity contribution >= 4 is 18.5 Å². The molecule has 3 heteroatoms. The molecule has 0 aliphatic carbocycles. The van der Waals surface area contributed by atoms with Crippen LogP contribution in [0.25, 0.3) is 0 Å². The van der Waals surface area contributed by atoms with Gasteiger partial charge in [0.2, 0.25) is 5.91 Å². The van der Waals surface area contributed by atoms with Crippen LogP contribution in [0.4, 0.5) is 0 Å². The van der Waals surface area contributed by atoms with Crippen molar-refractivity contribution in [2.24, 2.45) is 0 Å². The van der Waals surface area contributed by atoms with E-state index in [1.807, 2.05) is 6.92 Å². The van der Waals surface area contributed by atoms with E-state index in [0.717, 1.165) is 18.7 Å². The van der Waals surface area contributed by atoms with Crippen molar-refractivity contribution in [2.45, 2.75) is 19.8 Å². The Morgan fingerprint density at radius 2 is 2.33 bits per heavy atom. The molecule has 0 unspecified atom stereocenters. The quantitative estimate of drug-likeness (QED) is 0.567. The Morgan fingerprint density at radius 3 is 2.78 bits per heavy atom. The Balaban J connectivity index is 3.06. The van der Waals surface area contributed by atoms with Crippen LogP contribution in [-0.2, 0) is 4.79 Å². The lowest BCUT2D eigenvalue weighted by atomic mass is 10.3. The van der Waals surface area contributed by atoms with E-state index < -0.39 is 0 Å². The summed E-state index contributed by atoms with van der Waals surface area (Å²) in [6.45, 7) is 2.64. The zero-order chi connectivity index (χ0) is 7.11. The van der Waals surface area contributed by atoms with Crippen LogP contribution in [0.5, 0.6) is 0 Å². The number of hydrogen-bond donors (Lipinski definition) is 2. The highest BCUT2D eigenvalue weighted by Crippen LogP contribution is 1.89. The van der Waals surface area contributed by atoms with Crippen molar-refractivity contribution in [1.82, 2.24) is 5.32 Å². The van der Waals surface area contributed by atoms with E-state index in [-0.39, 0.29) is 5.91 Å². The number of rotatable bonds is 4. The van der Waals surface area contributed by atoms with Gasteiger partial charge in [-0.05, 0) is 19.1 Å². The molecule has 0 aliphatic rings. The third-order valence-electron chi connectivity index (χ3n) is 0.936. The molecule has 0 bridgehead atoms. The van der Waals surface area contributed by atoms with E-state index in [0.29, 0.717) is 6.42 Å². The predicted octanol–water partition coefficient (Wildman–Crippen LogP) is 0.833. The number of nitrogens with one attached hydrogen (secondary N) is 1. The Kier molecular flexibility index (Phi) is 5.83. The van der Waals surface area contributed by atoms with Gasteiger partial charge in [0.05, 0.1) is 0 Å². The molecule has 0 heterocycles. The number of carbonyl (C=O) groups excluding carboxylic acids is 1. The molecule has 0 spiro atoms. The van der Waals surface area contributed by atoms with Crippen LogP contribution >= 0.6 is 12.6 Å². The van der Waals surface area contributed by atoms with E-state index in [4.69, 9.17) is 0 Å². The maximum Gasteiger partial charge on any atom is 0.220 e. The molecule has 0 fully saturated rings. The first-order valence-corrected chi connectivity index (χ1v) is 3.82. The number of carbonyl (C=O) groups is 1. The highest BCUT2D eigenvalue weighted by atomic mass is 32.1. The third-order valence-corrected chi connectivity index (χ3v) is 1.25. The van der Waals surface area contributed by atoms with E-state index in [1.165, 1.54) is 0 Å². The van der Waals surface area contributed by atoms with Gasteiger partial charge in [0, 0.05) is 13.0 Å². The fourth-order valence-electron chi connectivity index (χ4n) is 0.525. The molecule has 2 nitrogen and oxygen atoms in total. The summed E-state index contributed by atoms with van der Waals surface area (Å²) in [4.78, 5) is 10.7. The Hall–Kier alpha value is -0.180. The van der Waals surface area contributed by atoms with Crippen molar-refractivity contribution in [3.63, 3.8) is 0 Å². The van der Waals surface area contributed by atoms with Crippen LogP contribution in [0, 0.1) is 0 Å². The van der Waals surface area contributed by atoms with Gasteiger partial charge in [0.15, 0.2) is 0 Å². The summed E-state index contributed by atoms with van der Waals surface area (Å²) in [5, 5.41) is 2.71. The average Bonchev–Trinajstić information content (AvgIpc) is 1.85. The summed E-state index contributed by atoms with van der Waals surface area (Å²) in [5.74, 6) is 0.920. The first-order chi connectivity index (χ1) is 4.31. The third kappa shape index (κ3) is 5.69. The minimum Gasteiger partial charge on any atom is -0.356 e. The molecule has 54 valence electrons. The number of hydrogen-bond acceptors (Lipinski definition) is 2. The fraction of sp³-hybridized carbons (Fsp3) is 0.833. The van der Waals surface area contributed by atoms with Gasteiger partial charge in [0.25, 0.3) is 0 Å². The summed E-state index contributed by atoms with van der Waals surface area (Å²) < 4.78 is 0. The first-order valence-electron chi connectivity index (χ1n) is 3.18. The van der Waals surface area contributed by atoms with Crippen LogP contribution in [0.2, 0.25) is 0 Å². The van der Waals surface area contributed by atoms with Gasteiger partial charge in [-0.3, -0.25) is 4.79 Å². The maximum atomic E-state index is 10.7. The molecule has 0 saturated carbocycles. The molecule has 0 atom stereocenters. The second-order valence-corrected chi connectivity index (χ2v) is 2.23. The topological polar surface area (TPSA) is 29.1 Å². The second kappa shape index (κ2) is 5.95. The van der Waals surface area contributed by atoms with Crippen molar-refractivity contribution in [2.75, 3.05) is 12.3 Å². The van der Waals surface area contributed by atoms with E-state index >= 15 is 0 Å². The van der Waals surface area contributed by atoms with E-state index in [1.54, 1.807) is 0 Å². The fourth-order valence-corrected chi connectivity index (χ4v) is 0.683. The van der Waals surface area contributed by atoms with Gasteiger partial charge in [-0.2, -0.15) is 12.6 Å². The molecule has 0 aromatic heterocycles. The van der Waals surface area contributed by atoms with Crippen molar-refractivity contribution in [1.29, 1.82) is 0 Å². The van der Waals surface area contributed by atoms with E-state index in [2.05, 4.69) is 17.9 Å². The van der Waals surface area contributed by atoms with Crippen LogP contribution in [0.3, 0.4) is 0 Å². The minimum atomic E-state index is 0.131. The maximum absolute atomic E-state index is 10.7.